The molecule has 0 spiro atoms. The van der Waals surface area contributed by atoms with Crippen molar-refractivity contribution in [1.29, 1.82) is 0 Å². The Morgan fingerprint density at radius 1 is 1.57 bits per heavy atom. The SMILES string of the molecule is COc1ccc([C@H]([NH3+])C(=O)[O-])cc1C. The summed E-state index contributed by atoms with van der Waals surface area (Å²) in [5.74, 6) is -0.436. The first kappa shape index (κ1) is 10.5. The maximum absolute atomic E-state index is 10.6. The fraction of sp³-hybridized carbons (Fsp3) is 0.300. The predicted octanol–water partition coefficient (Wildman–Crippen LogP) is -0.963. The van der Waals surface area contributed by atoms with Crippen LogP contribution in [0.15, 0.2) is 18.2 Å². The lowest BCUT2D eigenvalue weighted by atomic mass is 10.0. The number of benzene rings is 1. The Kier molecular flexibility index (Phi) is 3.09. The minimum absolute atomic E-state index is 0.628. The highest BCUT2D eigenvalue weighted by molar-refractivity contribution is 5.71. The fourth-order valence-corrected chi connectivity index (χ4v) is 1.25. The molecule has 0 bridgehead atoms. The molecule has 0 heterocycles. The summed E-state index contributed by atoms with van der Waals surface area (Å²) in [7, 11) is 1.57. The van der Waals surface area contributed by atoms with Crippen LogP contribution in [-0.2, 0) is 4.79 Å². The summed E-state index contributed by atoms with van der Waals surface area (Å²) in [6.07, 6.45) is 0. The van der Waals surface area contributed by atoms with Crippen molar-refractivity contribution in [2.24, 2.45) is 0 Å². The number of methoxy groups -OCH3 is 1. The number of ether oxygens (including phenoxy) is 1. The van der Waals surface area contributed by atoms with Crippen molar-refractivity contribution in [3.8, 4) is 5.75 Å². The van der Waals surface area contributed by atoms with Crippen molar-refractivity contribution in [1.82, 2.24) is 0 Å². The number of aryl methyl sites for hydroxylation is 1. The van der Waals surface area contributed by atoms with Crippen molar-refractivity contribution < 1.29 is 20.4 Å². The van der Waals surface area contributed by atoms with E-state index in [4.69, 9.17) is 4.74 Å². The summed E-state index contributed by atoms with van der Waals surface area (Å²) in [6, 6.07) is 4.32. The summed E-state index contributed by atoms with van der Waals surface area (Å²) >= 11 is 0. The number of hydrogen-bond donors (Lipinski definition) is 1. The second-order valence-corrected chi connectivity index (χ2v) is 3.10. The predicted molar refractivity (Wildman–Crippen MR) is 48.4 cm³/mol. The highest BCUT2D eigenvalue weighted by Crippen LogP contribution is 2.20. The van der Waals surface area contributed by atoms with E-state index < -0.39 is 12.0 Å². The molecule has 4 heteroatoms. The second-order valence-electron chi connectivity index (χ2n) is 3.10. The molecule has 0 aromatic heterocycles. The van der Waals surface area contributed by atoms with E-state index in [-0.39, 0.29) is 0 Å². The van der Waals surface area contributed by atoms with Gasteiger partial charge in [-0.2, -0.15) is 0 Å². The topological polar surface area (TPSA) is 77.0 Å². The van der Waals surface area contributed by atoms with Gasteiger partial charge < -0.3 is 20.4 Å². The van der Waals surface area contributed by atoms with Crippen molar-refractivity contribution in [2.45, 2.75) is 13.0 Å². The highest BCUT2D eigenvalue weighted by Gasteiger charge is 2.11. The van der Waals surface area contributed by atoms with Gasteiger partial charge in [0.2, 0.25) is 0 Å². The standard InChI is InChI=1S/C10H13NO3/c1-6-5-7(9(11)10(12)13)3-4-8(6)14-2/h3-5,9H,11H2,1-2H3,(H,12,13)/t9-/m0/s1. The van der Waals surface area contributed by atoms with Gasteiger partial charge in [0.05, 0.1) is 7.11 Å². The molecule has 0 fully saturated rings. The number of aliphatic carboxylic acids is 1. The summed E-state index contributed by atoms with van der Waals surface area (Å²) < 4.78 is 5.06. The molecule has 1 rings (SSSR count). The number of carboxylic acids is 1. The van der Waals surface area contributed by atoms with E-state index in [1.165, 1.54) is 0 Å². The first-order chi connectivity index (χ1) is 6.56. The van der Waals surface area contributed by atoms with Crippen LogP contribution in [0.25, 0.3) is 0 Å². The Morgan fingerprint density at radius 2 is 2.21 bits per heavy atom. The molecular formula is C10H13NO3. The van der Waals surface area contributed by atoms with E-state index in [9.17, 15) is 9.90 Å². The Bertz CT molecular complexity index is 349. The van der Waals surface area contributed by atoms with E-state index in [1.807, 2.05) is 6.92 Å². The number of carboxylic acid groups (broad SMARTS) is 1. The maximum atomic E-state index is 10.6. The lowest BCUT2D eigenvalue weighted by Crippen LogP contribution is -2.61. The molecule has 0 aliphatic heterocycles. The van der Waals surface area contributed by atoms with Gasteiger partial charge in [-0.1, -0.05) is 0 Å². The Hall–Kier alpha value is -1.55. The van der Waals surface area contributed by atoms with Gasteiger partial charge in [-0.25, -0.2) is 0 Å². The number of carbonyl (C=O) groups is 1. The zero-order chi connectivity index (χ0) is 10.7. The molecule has 0 aliphatic carbocycles. The number of rotatable bonds is 3. The monoisotopic (exact) mass is 195 g/mol. The van der Waals surface area contributed by atoms with Gasteiger partial charge in [0.1, 0.15) is 11.7 Å². The van der Waals surface area contributed by atoms with Gasteiger partial charge in [-0.05, 0) is 30.7 Å². The van der Waals surface area contributed by atoms with E-state index in [1.54, 1.807) is 25.3 Å². The second kappa shape index (κ2) is 4.11. The maximum Gasteiger partial charge on any atom is 0.150 e. The summed E-state index contributed by atoms with van der Waals surface area (Å²) in [4.78, 5) is 10.6. The van der Waals surface area contributed by atoms with Crippen molar-refractivity contribution >= 4 is 5.97 Å². The van der Waals surface area contributed by atoms with Gasteiger partial charge in [0.15, 0.2) is 6.04 Å². The quantitative estimate of drug-likeness (QED) is 0.674. The van der Waals surface area contributed by atoms with Crippen LogP contribution in [-0.4, -0.2) is 13.1 Å². The van der Waals surface area contributed by atoms with Crippen LogP contribution in [0.4, 0.5) is 0 Å². The van der Waals surface area contributed by atoms with Crippen LogP contribution in [0.2, 0.25) is 0 Å². The summed E-state index contributed by atoms with van der Waals surface area (Å²) in [5.41, 5.74) is 5.02. The van der Waals surface area contributed by atoms with Crippen LogP contribution in [0.5, 0.6) is 5.75 Å². The average Bonchev–Trinajstić information content (AvgIpc) is 2.16. The minimum atomic E-state index is -1.17. The smallest absolute Gasteiger partial charge is 0.150 e. The van der Waals surface area contributed by atoms with Crippen LogP contribution < -0.4 is 15.6 Å². The molecule has 76 valence electrons. The largest absolute Gasteiger partial charge is 0.544 e. The zero-order valence-electron chi connectivity index (χ0n) is 8.24. The van der Waals surface area contributed by atoms with Crippen LogP contribution in [0.1, 0.15) is 17.2 Å². The zero-order valence-corrected chi connectivity index (χ0v) is 8.24. The van der Waals surface area contributed by atoms with Crippen molar-refractivity contribution in [2.75, 3.05) is 7.11 Å². The van der Waals surface area contributed by atoms with Crippen molar-refractivity contribution in [3.05, 3.63) is 29.3 Å². The Balaban J connectivity index is 3.02. The van der Waals surface area contributed by atoms with E-state index in [0.717, 1.165) is 11.3 Å². The van der Waals surface area contributed by atoms with Gasteiger partial charge in [0.25, 0.3) is 0 Å². The third kappa shape index (κ3) is 2.03. The molecule has 1 atom stereocenters. The van der Waals surface area contributed by atoms with E-state index in [0.29, 0.717) is 5.56 Å². The summed E-state index contributed by atoms with van der Waals surface area (Å²) in [6.45, 7) is 1.85. The highest BCUT2D eigenvalue weighted by atomic mass is 16.5. The van der Waals surface area contributed by atoms with Gasteiger partial charge in [-0.3, -0.25) is 0 Å². The Labute approximate surface area is 82.3 Å². The molecule has 0 aliphatic rings. The molecule has 14 heavy (non-hydrogen) atoms. The molecule has 1 aromatic carbocycles. The van der Waals surface area contributed by atoms with Crippen LogP contribution in [0.3, 0.4) is 0 Å². The van der Waals surface area contributed by atoms with Crippen molar-refractivity contribution in [3.63, 3.8) is 0 Å². The van der Waals surface area contributed by atoms with Gasteiger partial charge >= 0.3 is 0 Å². The third-order valence-electron chi connectivity index (χ3n) is 2.11. The first-order valence-electron chi connectivity index (χ1n) is 4.24. The average molecular weight is 195 g/mol. The van der Waals surface area contributed by atoms with Gasteiger partial charge in [0, 0.05) is 5.56 Å². The summed E-state index contributed by atoms with van der Waals surface area (Å²) in [5, 5.41) is 10.6. The third-order valence-corrected chi connectivity index (χ3v) is 2.11. The molecule has 0 amide bonds. The van der Waals surface area contributed by atoms with Crippen LogP contribution in [0, 0.1) is 6.92 Å². The lowest BCUT2D eigenvalue weighted by Gasteiger charge is -2.11. The molecule has 0 saturated heterocycles. The fourth-order valence-electron chi connectivity index (χ4n) is 1.25. The number of carbonyl (C=O) groups excluding carboxylic acids is 1. The molecule has 0 unspecified atom stereocenters. The lowest BCUT2D eigenvalue weighted by molar-refractivity contribution is -0.443. The van der Waals surface area contributed by atoms with Crippen LogP contribution >= 0.6 is 0 Å². The first-order valence-corrected chi connectivity index (χ1v) is 4.24. The molecule has 4 nitrogen and oxygen atoms in total. The Morgan fingerprint density at radius 3 is 2.64 bits per heavy atom. The molecule has 3 N–H and O–H groups in total. The minimum Gasteiger partial charge on any atom is -0.544 e. The van der Waals surface area contributed by atoms with Gasteiger partial charge in [-0.15, -0.1) is 0 Å². The molecule has 0 saturated carbocycles. The van der Waals surface area contributed by atoms with E-state index in [2.05, 4.69) is 5.73 Å². The molecule has 0 radical (unpaired) electrons. The molecular weight excluding hydrogens is 182 g/mol. The number of quaternary nitrogens is 1. The normalized spacial score (nSPS) is 12.2. The van der Waals surface area contributed by atoms with E-state index >= 15 is 0 Å². The number of hydrogen-bond acceptors (Lipinski definition) is 3. The molecule has 1 aromatic rings.